The Hall–Kier alpha value is -4.13. The van der Waals surface area contributed by atoms with Gasteiger partial charge in [-0.25, -0.2) is 9.78 Å². The predicted octanol–water partition coefficient (Wildman–Crippen LogP) is 5.33. The molecular weight excluding hydrogens is 428 g/mol. The fourth-order valence-electron chi connectivity index (χ4n) is 4.16. The first kappa shape index (κ1) is 23.0. The van der Waals surface area contributed by atoms with Gasteiger partial charge < -0.3 is 20.7 Å². The van der Waals surface area contributed by atoms with Crippen molar-refractivity contribution in [2.75, 3.05) is 11.1 Å². The molecule has 174 valence electrons. The summed E-state index contributed by atoms with van der Waals surface area (Å²) < 4.78 is 2.16. The van der Waals surface area contributed by atoms with Crippen molar-refractivity contribution in [1.82, 2.24) is 9.55 Å². The summed E-state index contributed by atoms with van der Waals surface area (Å²) in [5.74, 6) is -0.199. The zero-order chi connectivity index (χ0) is 24.2. The topological polar surface area (TPSA) is 110 Å². The number of hydrogen-bond acceptors (Lipinski definition) is 4. The lowest BCUT2D eigenvalue weighted by molar-refractivity contribution is -0.114. The van der Waals surface area contributed by atoms with E-state index in [0.717, 1.165) is 41.7 Å². The number of imidazole rings is 1. The zero-order valence-electron chi connectivity index (χ0n) is 19.3. The standard InChI is InChI=1S/C27H28N4O3/c1-3-4-9-24-30-26-23(15-14-22(28)25(26)29-17(2)32)31(24)16-18-10-12-19(13-11-18)20-7-5-6-8-21(20)27(33)34/h5-8,10-15H,3-4,9,16,28H2,1-2H3,(H,29,32)(H,33,34). The third kappa shape index (κ3) is 4.64. The van der Waals surface area contributed by atoms with Gasteiger partial charge in [-0.05, 0) is 41.3 Å². The summed E-state index contributed by atoms with van der Waals surface area (Å²) in [4.78, 5) is 28.2. The average molecular weight is 457 g/mol. The van der Waals surface area contributed by atoms with Crippen LogP contribution in [0, 0.1) is 0 Å². The van der Waals surface area contributed by atoms with Crippen LogP contribution in [0.1, 0.15) is 48.4 Å². The summed E-state index contributed by atoms with van der Waals surface area (Å²) in [7, 11) is 0. The van der Waals surface area contributed by atoms with E-state index in [2.05, 4.69) is 16.8 Å². The van der Waals surface area contributed by atoms with Crippen molar-refractivity contribution in [3.63, 3.8) is 0 Å². The van der Waals surface area contributed by atoms with Crippen LogP contribution >= 0.6 is 0 Å². The zero-order valence-corrected chi connectivity index (χ0v) is 19.3. The Morgan fingerprint density at radius 1 is 1.06 bits per heavy atom. The highest BCUT2D eigenvalue weighted by atomic mass is 16.4. The number of nitrogens with zero attached hydrogens (tertiary/aromatic N) is 2. The molecule has 34 heavy (non-hydrogen) atoms. The number of benzene rings is 3. The SMILES string of the molecule is CCCCc1nc2c(NC(C)=O)c(N)ccc2n1Cc1ccc(-c2ccccc2C(=O)O)cc1. The molecule has 0 fully saturated rings. The van der Waals surface area contributed by atoms with Crippen molar-refractivity contribution in [2.24, 2.45) is 0 Å². The number of nitrogens with one attached hydrogen (secondary N) is 1. The minimum absolute atomic E-state index is 0.193. The lowest BCUT2D eigenvalue weighted by atomic mass is 9.99. The Labute approximate surface area is 198 Å². The van der Waals surface area contributed by atoms with Crippen LogP contribution in [0.5, 0.6) is 0 Å². The number of nitrogens with two attached hydrogens (primary N) is 1. The fraction of sp³-hybridized carbons (Fsp3) is 0.222. The van der Waals surface area contributed by atoms with Crippen LogP contribution in [-0.4, -0.2) is 26.5 Å². The molecule has 0 atom stereocenters. The van der Waals surface area contributed by atoms with Crippen LogP contribution < -0.4 is 11.1 Å². The van der Waals surface area contributed by atoms with Gasteiger partial charge in [0, 0.05) is 19.9 Å². The van der Waals surface area contributed by atoms with E-state index in [1.54, 1.807) is 18.2 Å². The predicted molar refractivity (Wildman–Crippen MR) is 135 cm³/mol. The molecule has 0 unspecified atom stereocenters. The third-order valence-corrected chi connectivity index (χ3v) is 5.85. The van der Waals surface area contributed by atoms with Gasteiger partial charge in [0.05, 0.1) is 22.5 Å². The van der Waals surface area contributed by atoms with Crippen LogP contribution in [0.25, 0.3) is 22.2 Å². The smallest absolute Gasteiger partial charge is 0.336 e. The summed E-state index contributed by atoms with van der Waals surface area (Å²) in [6.07, 6.45) is 2.86. The number of rotatable bonds is 8. The number of nitrogen functional groups attached to an aromatic ring is 1. The highest BCUT2D eigenvalue weighted by Crippen LogP contribution is 2.31. The Balaban J connectivity index is 1.72. The monoisotopic (exact) mass is 456 g/mol. The summed E-state index contributed by atoms with van der Waals surface area (Å²) >= 11 is 0. The second-order valence-electron chi connectivity index (χ2n) is 8.34. The number of carboxylic acid groups (broad SMARTS) is 1. The van der Waals surface area contributed by atoms with Gasteiger partial charge in [-0.3, -0.25) is 4.79 Å². The Kier molecular flexibility index (Phi) is 6.63. The number of fused-ring (bicyclic) bond motifs is 1. The molecule has 3 aromatic carbocycles. The number of carbonyl (C=O) groups is 2. The van der Waals surface area contributed by atoms with Crippen LogP contribution in [0.15, 0.2) is 60.7 Å². The van der Waals surface area contributed by atoms with Gasteiger partial charge in [-0.1, -0.05) is 55.8 Å². The van der Waals surface area contributed by atoms with Crippen LogP contribution in [-0.2, 0) is 17.8 Å². The average Bonchev–Trinajstić information content (AvgIpc) is 3.17. The molecule has 0 aliphatic rings. The number of carboxylic acids is 1. The van der Waals surface area contributed by atoms with Crippen molar-refractivity contribution in [2.45, 2.75) is 39.7 Å². The molecule has 1 aromatic heterocycles. The number of aromatic nitrogens is 2. The second-order valence-corrected chi connectivity index (χ2v) is 8.34. The summed E-state index contributed by atoms with van der Waals surface area (Å²) in [6.45, 7) is 4.19. The quantitative estimate of drug-likeness (QED) is 0.310. The molecule has 4 N–H and O–H groups in total. The maximum Gasteiger partial charge on any atom is 0.336 e. The number of carbonyl (C=O) groups excluding carboxylic acids is 1. The highest BCUT2D eigenvalue weighted by molar-refractivity contribution is 6.03. The normalized spacial score (nSPS) is 11.0. The largest absolute Gasteiger partial charge is 0.478 e. The van der Waals surface area contributed by atoms with Crippen molar-refractivity contribution in [3.8, 4) is 11.1 Å². The van der Waals surface area contributed by atoms with Gasteiger partial charge in [0.2, 0.25) is 5.91 Å². The Bertz CT molecular complexity index is 1360. The van der Waals surface area contributed by atoms with E-state index in [0.29, 0.717) is 29.0 Å². The molecule has 7 heteroatoms. The molecule has 4 rings (SSSR count). The van der Waals surface area contributed by atoms with Crippen molar-refractivity contribution >= 4 is 34.3 Å². The van der Waals surface area contributed by atoms with Crippen LogP contribution in [0.2, 0.25) is 0 Å². The lowest BCUT2D eigenvalue weighted by Crippen LogP contribution is -2.09. The van der Waals surface area contributed by atoms with Gasteiger partial charge in [0.25, 0.3) is 0 Å². The second kappa shape index (κ2) is 9.79. The Morgan fingerprint density at radius 2 is 1.79 bits per heavy atom. The van der Waals surface area contributed by atoms with Gasteiger partial charge in [0.15, 0.2) is 0 Å². The maximum atomic E-state index is 11.7. The minimum atomic E-state index is -0.945. The van der Waals surface area contributed by atoms with Gasteiger partial charge >= 0.3 is 5.97 Å². The molecule has 0 radical (unpaired) electrons. The summed E-state index contributed by atoms with van der Waals surface area (Å²) in [5, 5.41) is 12.3. The molecular formula is C27H28N4O3. The van der Waals surface area contributed by atoms with Gasteiger partial charge in [0.1, 0.15) is 11.3 Å². The molecule has 0 spiro atoms. The number of unbranched alkanes of at least 4 members (excludes halogenated alkanes) is 1. The first-order valence-electron chi connectivity index (χ1n) is 11.4. The number of hydrogen-bond donors (Lipinski definition) is 3. The molecule has 0 aliphatic carbocycles. The molecule has 0 aliphatic heterocycles. The van der Waals surface area contributed by atoms with E-state index in [4.69, 9.17) is 10.7 Å². The number of amides is 1. The molecule has 4 aromatic rings. The van der Waals surface area contributed by atoms with Crippen molar-refractivity contribution in [3.05, 3.63) is 77.6 Å². The highest BCUT2D eigenvalue weighted by Gasteiger charge is 2.17. The molecule has 7 nitrogen and oxygen atoms in total. The number of aromatic carboxylic acids is 1. The van der Waals surface area contributed by atoms with Gasteiger partial charge in [-0.15, -0.1) is 0 Å². The van der Waals surface area contributed by atoms with E-state index in [-0.39, 0.29) is 11.5 Å². The van der Waals surface area contributed by atoms with Gasteiger partial charge in [-0.2, -0.15) is 0 Å². The van der Waals surface area contributed by atoms with Crippen molar-refractivity contribution in [1.29, 1.82) is 0 Å². The maximum absolute atomic E-state index is 11.7. The van der Waals surface area contributed by atoms with E-state index in [1.165, 1.54) is 6.92 Å². The summed E-state index contributed by atoms with van der Waals surface area (Å²) in [5.41, 5.74) is 11.6. The number of aryl methyl sites for hydroxylation is 1. The minimum Gasteiger partial charge on any atom is -0.478 e. The van der Waals surface area contributed by atoms with Crippen LogP contribution in [0.3, 0.4) is 0 Å². The van der Waals surface area contributed by atoms with E-state index >= 15 is 0 Å². The first-order chi connectivity index (χ1) is 16.4. The summed E-state index contributed by atoms with van der Waals surface area (Å²) in [6, 6.07) is 18.6. The molecule has 1 heterocycles. The van der Waals surface area contributed by atoms with E-state index < -0.39 is 5.97 Å². The Morgan fingerprint density at radius 3 is 2.47 bits per heavy atom. The third-order valence-electron chi connectivity index (χ3n) is 5.85. The molecule has 0 saturated heterocycles. The molecule has 0 bridgehead atoms. The molecule has 0 saturated carbocycles. The lowest BCUT2D eigenvalue weighted by Gasteiger charge is -2.12. The molecule has 1 amide bonds. The number of anilines is 2. The van der Waals surface area contributed by atoms with E-state index in [9.17, 15) is 14.7 Å². The fourth-order valence-corrected chi connectivity index (χ4v) is 4.16. The van der Waals surface area contributed by atoms with Crippen LogP contribution in [0.4, 0.5) is 11.4 Å². The van der Waals surface area contributed by atoms with Crippen molar-refractivity contribution < 1.29 is 14.7 Å². The first-order valence-corrected chi connectivity index (χ1v) is 11.4. The van der Waals surface area contributed by atoms with E-state index in [1.807, 2.05) is 42.5 Å².